The van der Waals surface area contributed by atoms with Crippen LogP contribution in [0.2, 0.25) is 0 Å². The smallest absolute Gasteiger partial charge is 0.368 e. The van der Waals surface area contributed by atoms with E-state index in [1.165, 1.54) is 6.07 Å². The zero-order chi connectivity index (χ0) is 18.0. The van der Waals surface area contributed by atoms with Gasteiger partial charge >= 0.3 is 6.18 Å². The molecule has 2 aromatic rings. The molecule has 0 spiro atoms. The van der Waals surface area contributed by atoms with Gasteiger partial charge in [0.1, 0.15) is 0 Å². The molecule has 1 radical (unpaired) electrons. The molecular weight excluding hydrogens is 327 g/mol. The highest BCUT2D eigenvalue weighted by atomic mass is 19.4. The van der Waals surface area contributed by atoms with E-state index in [1.807, 2.05) is 36.1 Å². The van der Waals surface area contributed by atoms with E-state index >= 15 is 0 Å². The van der Waals surface area contributed by atoms with Gasteiger partial charge in [0.2, 0.25) is 0 Å². The van der Waals surface area contributed by atoms with Gasteiger partial charge < -0.3 is 9.80 Å². The van der Waals surface area contributed by atoms with Crippen molar-refractivity contribution in [2.45, 2.75) is 19.1 Å². The molecule has 0 bridgehead atoms. The maximum absolute atomic E-state index is 13.2. The Balaban J connectivity index is 1.83. The van der Waals surface area contributed by atoms with Crippen LogP contribution in [0.25, 0.3) is 0 Å². The molecule has 0 N–H and O–H groups in total. The molecule has 1 heterocycles. The van der Waals surface area contributed by atoms with Crippen molar-refractivity contribution < 1.29 is 13.2 Å². The molecule has 1 aliphatic rings. The molecule has 1 atom stereocenters. The summed E-state index contributed by atoms with van der Waals surface area (Å²) in [6.45, 7) is 4.04. The second-order valence-electron chi connectivity index (χ2n) is 6.09. The maximum Gasteiger partial charge on any atom is 0.417 e. The molecule has 0 amide bonds. The lowest BCUT2D eigenvalue weighted by Crippen LogP contribution is -2.52. The van der Waals surface area contributed by atoms with E-state index in [1.54, 1.807) is 12.1 Å². The highest BCUT2D eigenvalue weighted by Crippen LogP contribution is 2.35. The standard InChI is InChI=1S/C19H17F3N3/c1-14-13-24(16-5-3-2-4-6-16)9-10-25(14)17-8-7-15(12-23)18(11-17)19(20,21)22/h3-8,11,14H,9-10,13H2,1H3/t14-/m1/s1. The van der Waals surface area contributed by atoms with Gasteiger partial charge in [-0.25, -0.2) is 0 Å². The van der Waals surface area contributed by atoms with E-state index < -0.39 is 11.7 Å². The van der Waals surface area contributed by atoms with Crippen LogP contribution in [0.3, 0.4) is 0 Å². The Labute approximate surface area is 144 Å². The highest BCUT2D eigenvalue weighted by Gasteiger charge is 2.35. The molecule has 129 valence electrons. The van der Waals surface area contributed by atoms with Crippen molar-refractivity contribution in [1.82, 2.24) is 0 Å². The fourth-order valence-electron chi connectivity index (χ4n) is 3.21. The number of hydrogen-bond donors (Lipinski definition) is 0. The zero-order valence-electron chi connectivity index (χ0n) is 13.7. The Hall–Kier alpha value is -2.68. The summed E-state index contributed by atoms with van der Waals surface area (Å²) >= 11 is 0. The molecule has 1 aliphatic heterocycles. The molecule has 2 aromatic carbocycles. The normalized spacial score (nSPS) is 18.1. The first-order valence-electron chi connectivity index (χ1n) is 7.99. The quantitative estimate of drug-likeness (QED) is 0.822. The van der Waals surface area contributed by atoms with Gasteiger partial charge in [0.25, 0.3) is 0 Å². The fourth-order valence-corrected chi connectivity index (χ4v) is 3.21. The second kappa shape index (κ2) is 6.67. The van der Waals surface area contributed by atoms with Crippen LogP contribution in [-0.4, -0.2) is 25.7 Å². The van der Waals surface area contributed by atoms with Gasteiger partial charge in [0.05, 0.1) is 17.2 Å². The summed E-state index contributed by atoms with van der Waals surface area (Å²) < 4.78 is 39.5. The number of benzene rings is 2. The van der Waals surface area contributed by atoms with E-state index in [-0.39, 0.29) is 11.6 Å². The Bertz CT molecular complexity index is 781. The largest absolute Gasteiger partial charge is 0.417 e. The number of nitrogens with zero attached hydrogens (tertiary/aromatic N) is 3. The monoisotopic (exact) mass is 344 g/mol. The number of halogens is 3. The molecule has 0 saturated carbocycles. The molecule has 0 aliphatic carbocycles. The highest BCUT2D eigenvalue weighted by molar-refractivity contribution is 5.57. The SMILES string of the molecule is C[C@@H]1CN(c2cc[c]cc2)CCN1c1ccc(C#N)c(C(F)(F)F)c1. The van der Waals surface area contributed by atoms with Gasteiger partial charge in [-0.3, -0.25) is 0 Å². The van der Waals surface area contributed by atoms with Gasteiger partial charge in [-0.05, 0) is 43.3 Å². The first kappa shape index (κ1) is 17.2. The third-order valence-corrected chi connectivity index (χ3v) is 4.45. The summed E-state index contributed by atoms with van der Waals surface area (Å²) in [7, 11) is 0. The summed E-state index contributed by atoms with van der Waals surface area (Å²) in [5.74, 6) is 0. The molecule has 0 unspecified atom stereocenters. The van der Waals surface area contributed by atoms with Crippen LogP contribution in [0, 0.1) is 17.4 Å². The molecule has 1 fully saturated rings. The first-order valence-corrected chi connectivity index (χ1v) is 7.99. The van der Waals surface area contributed by atoms with Gasteiger partial charge in [-0.15, -0.1) is 0 Å². The van der Waals surface area contributed by atoms with Crippen molar-refractivity contribution in [3.63, 3.8) is 0 Å². The Morgan fingerprint density at radius 3 is 2.44 bits per heavy atom. The topological polar surface area (TPSA) is 30.3 Å². The third-order valence-electron chi connectivity index (χ3n) is 4.45. The van der Waals surface area contributed by atoms with Crippen LogP contribution in [0.15, 0.2) is 42.5 Å². The zero-order valence-corrected chi connectivity index (χ0v) is 13.7. The van der Waals surface area contributed by atoms with Crippen LogP contribution < -0.4 is 9.80 Å². The fraction of sp³-hybridized carbons (Fsp3) is 0.316. The van der Waals surface area contributed by atoms with Crippen LogP contribution in [0.4, 0.5) is 24.5 Å². The Morgan fingerprint density at radius 1 is 1.12 bits per heavy atom. The molecule has 25 heavy (non-hydrogen) atoms. The van der Waals surface area contributed by atoms with E-state index in [9.17, 15) is 13.2 Å². The van der Waals surface area contributed by atoms with Crippen molar-refractivity contribution in [3.05, 3.63) is 59.7 Å². The summed E-state index contributed by atoms with van der Waals surface area (Å²) in [6, 6.07) is 16.2. The van der Waals surface area contributed by atoms with Crippen molar-refractivity contribution in [2.75, 3.05) is 29.4 Å². The predicted molar refractivity (Wildman–Crippen MR) is 90.5 cm³/mol. The summed E-state index contributed by atoms with van der Waals surface area (Å²) in [5.41, 5.74) is 0.365. The number of rotatable bonds is 2. The number of anilines is 2. The van der Waals surface area contributed by atoms with Crippen LogP contribution in [0.5, 0.6) is 0 Å². The first-order chi connectivity index (χ1) is 11.9. The van der Waals surface area contributed by atoms with Gasteiger partial charge in [-0.2, -0.15) is 18.4 Å². The van der Waals surface area contributed by atoms with Crippen LogP contribution in [0.1, 0.15) is 18.1 Å². The van der Waals surface area contributed by atoms with Crippen LogP contribution in [-0.2, 0) is 6.18 Å². The van der Waals surface area contributed by atoms with Crippen molar-refractivity contribution in [1.29, 1.82) is 5.26 Å². The molecule has 6 heteroatoms. The molecule has 3 rings (SSSR count). The maximum atomic E-state index is 13.2. The lowest BCUT2D eigenvalue weighted by molar-refractivity contribution is -0.137. The molecular formula is C19H17F3N3. The minimum Gasteiger partial charge on any atom is -0.368 e. The van der Waals surface area contributed by atoms with Crippen LogP contribution >= 0.6 is 0 Å². The number of alkyl halides is 3. The average molecular weight is 344 g/mol. The molecule has 0 aromatic heterocycles. The summed E-state index contributed by atoms with van der Waals surface area (Å²) in [4.78, 5) is 4.17. The average Bonchev–Trinajstić information content (AvgIpc) is 2.61. The minimum absolute atomic E-state index is 0.0481. The Morgan fingerprint density at radius 2 is 1.84 bits per heavy atom. The van der Waals surface area contributed by atoms with Crippen molar-refractivity contribution in [2.24, 2.45) is 0 Å². The van der Waals surface area contributed by atoms with E-state index in [0.717, 1.165) is 18.3 Å². The van der Waals surface area contributed by atoms with Gasteiger partial charge in [0, 0.05) is 37.1 Å². The van der Waals surface area contributed by atoms with E-state index in [2.05, 4.69) is 11.0 Å². The van der Waals surface area contributed by atoms with Gasteiger partial charge in [-0.1, -0.05) is 12.1 Å². The lowest BCUT2D eigenvalue weighted by atomic mass is 10.0. The van der Waals surface area contributed by atoms with Gasteiger partial charge in [0.15, 0.2) is 0 Å². The summed E-state index contributed by atoms with van der Waals surface area (Å²) in [5, 5.41) is 8.92. The van der Waals surface area contributed by atoms with Crippen molar-refractivity contribution >= 4 is 11.4 Å². The molecule has 3 nitrogen and oxygen atoms in total. The second-order valence-corrected chi connectivity index (χ2v) is 6.09. The summed E-state index contributed by atoms with van der Waals surface area (Å²) in [6.07, 6.45) is -4.54. The third kappa shape index (κ3) is 3.55. The molecule has 1 saturated heterocycles. The number of nitriles is 1. The van der Waals surface area contributed by atoms with E-state index in [4.69, 9.17) is 5.26 Å². The van der Waals surface area contributed by atoms with Crippen molar-refractivity contribution in [3.8, 4) is 6.07 Å². The number of piperazine rings is 1. The Kier molecular flexibility index (Phi) is 4.58. The predicted octanol–water partition coefficient (Wildman–Crippen LogP) is 4.09. The van der Waals surface area contributed by atoms with E-state index in [0.29, 0.717) is 18.8 Å². The lowest BCUT2D eigenvalue weighted by Gasteiger charge is -2.42. The minimum atomic E-state index is -4.54. The number of hydrogen-bond acceptors (Lipinski definition) is 3.